The predicted molar refractivity (Wildman–Crippen MR) is 93.5 cm³/mol. The Bertz CT molecular complexity index is 1160. The van der Waals surface area contributed by atoms with E-state index < -0.39 is 0 Å². The summed E-state index contributed by atoms with van der Waals surface area (Å²) >= 11 is 13.5. The average molecular weight is 379 g/mol. The Morgan fingerprint density at radius 1 is 1.17 bits per heavy atom. The predicted octanol–water partition coefficient (Wildman–Crippen LogP) is 2.85. The molecule has 3 heterocycles. The Labute approximate surface area is 149 Å². The molecule has 0 radical (unpaired) electrons. The van der Waals surface area contributed by atoms with Gasteiger partial charge in [0.15, 0.2) is 5.52 Å². The molecule has 3 aromatic heterocycles. The summed E-state index contributed by atoms with van der Waals surface area (Å²) in [5, 5.41) is 13.7. The van der Waals surface area contributed by atoms with Crippen LogP contribution in [-0.2, 0) is 0 Å². The molecule has 0 bridgehead atoms. The van der Waals surface area contributed by atoms with Crippen molar-refractivity contribution in [3.63, 3.8) is 0 Å². The van der Waals surface area contributed by atoms with Crippen LogP contribution < -0.4 is 5.56 Å². The third kappa shape index (κ3) is 2.34. The highest BCUT2D eigenvalue weighted by molar-refractivity contribution is 7.98. The quantitative estimate of drug-likeness (QED) is 0.499. The van der Waals surface area contributed by atoms with Crippen LogP contribution in [0.5, 0.6) is 0 Å². The largest absolute Gasteiger partial charge is 0.285 e. The number of rotatable bonds is 2. The van der Waals surface area contributed by atoms with Crippen LogP contribution in [0.25, 0.3) is 22.5 Å². The topological polar surface area (TPSA) is 78.0 Å². The zero-order valence-electron chi connectivity index (χ0n) is 12.1. The van der Waals surface area contributed by atoms with Crippen molar-refractivity contribution in [3.8, 4) is 5.69 Å². The highest BCUT2D eigenvalue weighted by Gasteiger charge is 2.14. The van der Waals surface area contributed by atoms with Crippen LogP contribution >= 0.6 is 35.0 Å². The van der Waals surface area contributed by atoms with E-state index in [1.54, 1.807) is 30.5 Å². The summed E-state index contributed by atoms with van der Waals surface area (Å²) in [6, 6.07) is 6.63. The van der Waals surface area contributed by atoms with Crippen LogP contribution in [0.3, 0.4) is 0 Å². The van der Waals surface area contributed by atoms with E-state index in [0.29, 0.717) is 32.2 Å². The highest BCUT2D eigenvalue weighted by atomic mass is 35.5. The first-order valence-corrected chi connectivity index (χ1v) is 8.71. The summed E-state index contributed by atoms with van der Waals surface area (Å²) in [6.07, 6.45) is 3.47. The summed E-state index contributed by atoms with van der Waals surface area (Å²) < 4.78 is 2.90. The van der Waals surface area contributed by atoms with Gasteiger partial charge >= 0.3 is 0 Å². The van der Waals surface area contributed by atoms with E-state index in [1.807, 2.05) is 6.26 Å². The van der Waals surface area contributed by atoms with E-state index >= 15 is 0 Å². The van der Waals surface area contributed by atoms with E-state index in [9.17, 15) is 4.79 Å². The molecule has 0 saturated carbocycles. The average Bonchev–Trinajstić information content (AvgIpc) is 2.99. The Kier molecular flexibility index (Phi) is 3.67. The van der Waals surface area contributed by atoms with Crippen LogP contribution in [0.2, 0.25) is 10.0 Å². The van der Waals surface area contributed by atoms with Gasteiger partial charge in [-0.25, -0.2) is 0 Å². The smallest absolute Gasteiger partial charge is 0.281 e. The Hall–Kier alpha value is -2.16. The Morgan fingerprint density at radius 3 is 2.75 bits per heavy atom. The molecule has 10 heteroatoms. The molecule has 1 aromatic carbocycles. The minimum atomic E-state index is -0.354. The fourth-order valence-corrected chi connectivity index (χ4v) is 3.18. The van der Waals surface area contributed by atoms with Crippen molar-refractivity contribution in [1.82, 2.24) is 29.4 Å². The number of hydrogen-bond acceptors (Lipinski definition) is 6. The lowest BCUT2D eigenvalue weighted by Crippen LogP contribution is -2.20. The van der Waals surface area contributed by atoms with Crippen molar-refractivity contribution in [1.29, 1.82) is 0 Å². The minimum Gasteiger partial charge on any atom is -0.281 e. The molecule has 0 spiro atoms. The van der Waals surface area contributed by atoms with Gasteiger partial charge in [-0.2, -0.15) is 9.50 Å². The van der Waals surface area contributed by atoms with Crippen LogP contribution in [0, 0.1) is 0 Å². The monoisotopic (exact) mass is 378 g/mol. The first-order chi connectivity index (χ1) is 11.6. The second-order valence-electron chi connectivity index (χ2n) is 4.83. The molecule has 0 fully saturated rings. The molecule has 0 amide bonds. The molecule has 0 unspecified atom stereocenters. The number of halogens is 2. The maximum atomic E-state index is 12.8. The van der Waals surface area contributed by atoms with Crippen LogP contribution in [0.4, 0.5) is 0 Å². The minimum absolute atomic E-state index is 0.175. The molecule has 4 rings (SSSR count). The van der Waals surface area contributed by atoms with Crippen molar-refractivity contribution in [2.24, 2.45) is 0 Å². The molecule has 0 aliphatic carbocycles. The zero-order chi connectivity index (χ0) is 16.8. The van der Waals surface area contributed by atoms with Crippen LogP contribution in [-0.4, -0.2) is 35.6 Å². The molecule has 0 atom stereocenters. The Balaban J connectivity index is 2.01. The van der Waals surface area contributed by atoms with E-state index in [4.69, 9.17) is 23.2 Å². The number of fused-ring (bicyclic) bond motifs is 3. The van der Waals surface area contributed by atoms with Crippen molar-refractivity contribution < 1.29 is 0 Å². The van der Waals surface area contributed by atoms with Gasteiger partial charge in [0.05, 0.1) is 10.7 Å². The molecule has 0 saturated heterocycles. The molecular weight excluding hydrogens is 371 g/mol. The molecule has 120 valence electrons. The van der Waals surface area contributed by atoms with Gasteiger partial charge in [-0.1, -0.05) is 35.0 Å². The van der Waals surface area contributed by atoms with Gasteiger partial charge in [0.2, 0.25) is 5.16 Å². The highest BCUT2D eigenvalue weighted by Crippen LogP contribution is 2.24. The Morgan fingerprint density at radius 2 is 2.00 bits per heavy atom. The number of pyridine rings is 1. The van der Waals surface area contributed by atoms with Gasteiger partial charge in [-0.05, 0) is 30.5 Å². The number of benzene rings is 1. The summed E-state index contributed by atoms with van der Waals surface area (Å²) in [6.45, 7) is 0. The molecule has 0 N–H and O–H groups in total. The standard InChI is InChI=1S/C14H8Cl2N6OS/c1-24-14-17-13-19-18-11-10(22(13)20-14)4-5-21(12(11)23)9-3-2-7(15)6-8(9)16/h2-6H,1H3. The summed E-state index contributed by atoms with van der Waals surface area (Å²) in [5.74, 6) is 0.341. The fourth-order valence-electron chi connectivity index (χ4n) is 2.34. The first kappa shape index (κ1) is 15.4. The van der Waals surface area contributed by atoms with E-state index in [1.165, 1.54) is 20.8 Å². The van der Waals surface area contributed by atoms with Gasteiger partial charge in [-0.3, -0.25) is 9.36 Å². The van der Waals surface area contributed by atoms with Crippen molar-refractivity contribution in [2.75, 3.05) is 6.26 Å². The van der Waals surface area contributed by atoms with Gasteiger partial charge in [0, 0.05) is 11.2 Å². The molecule has 7 nitrogen and oxygen atoms in total. The molecule has 4 aromatic rings. The van der Waals surface area contributed by atoms with E-state index in [0.717, 1.165) is 0 Å². The zero-order valence-corrected chi connectivity index (χ0v) is 14.5. The van der Waals surface area contributed by atoms with Gasteiger partial charge in [0.25, 0.3) is 11.3 Å². The lowest BCUT2D eigenvalue weighted by molar-refractivity contribution is 0.885. The number of aromatic nitrogens is 6. The maximum absolute atomic E-state index is 12.8. The second kappa shape index (κ2) is 5.73. The first-order valence-electron chi connectivity index (χ1n) is 6.73. The molecular formula is C14H8Cl2N6OS. The lowest BCUT2D eigenvalue weighted by atomic mass is 10.3. The summed E-state index contributed by atoms with van der Waals surface area (Å²) in [5.41, 5.74) is 0.860. The van der Waals surface area contributed by atoms with Gasteiger partial charge in [0.1, 0.15) is 5.52 Å². The molecule has 0 aliphatic heterocycles. The van der Waals surface area contributed by atoms with Crippen molar-refractivity contribution in [3.05, 3.63) is 50.9 Å². The molecule has 0 aliphatic rings. The lowest BCUT2D eigenvalue weighted by Gasteiger charge is -2.09. The maximum Gasteiger partial charge on any atom is 0.285 e. The number of hydrogen-bond donors (Lipinski definition) is 0. The third-order valence-electron chi connectivity index (χ3n) is 3.44. The summed E-state index contributed by atoms with van der Waals surface area (Å²) in [7, 11) is 0. The summed E-state index contributed by atoms with van der Waals surface area (Å²) in [4.78, 5) is 17.0. The van der Waals surface area contributed by atoms with Gasteiger partial charge < -0.3 is 0 Å². The fraction of sp³-hybridized carbons (Fsp3) is 0.0714. The van der Waals surface area contributed by atoms with E-state index in [2.05, 4.69) is 20.3 Å². The van der Waals surface area contributed by atoms with Crippen LogP contribution in [0.15, 0.2) is 40.4 Å². The van der Waals surface area contributed by atoms with Crippen molar-refractivity contribution in [2.45, 2.75) is 5.16 Å². The second-order valence-corrected chi connectivity index (χ2v) is 6.45. The van der Waals surface area contributed by atoms with Gasteiger partial charge in [-0.15, -0.1) is 15.3 Å². The van der Waals surface area contributed by atoms with Crippen molar-refractivity contribution >= 4 is 51.8 Å². The normalized spacial score (nSPS) is 11.5. The SMILES string of the molecule is CSc1nc2nnc3c(=O)n(-c4ccc(Cl)cc4Cl)ccc3n2n1. The van der Waals surface area contributed by atoms with Crippen LogP contribution in [0.1, 0.15) is 0 Å². The third-order valence-corrected chi connectivity index (χ3v) is 4.51. The number of thioether (sulfide) groups is 1. The van der Waals surface area contributed by atoms with E-state index in [-0.39, 0.29) is 11.1 Å². The number of nitrogens with zero attached hydrogens (tertiary/aromatic N) is 6. The molecule has 24 heavy (non-hydrogen) atoms.